The Morgan fingerprint density at radius 3 is 2.07 bits per heavy atom. The van der Waals surface area contributed by atoms with Gasteiger partial charge < -0.3 is 10.6 Å². The number of para-hydroxylation sites is 1. The smallest absolute Gasteiger partial charge is 0.239 e. The maximum Gasteiger partial charge on any atom is 0.239 e. The molecule has 0 saturated carbocycles. The van der Waals surface area contributed by atoms with E-state index in [4.69, 9.17) is 0 Å². The molecule has 2 rings (SSSR count). The summed E-state index contributed by atoms with van der Waals surface area (Å²) in [4.78, 5) is 25.6. The zero-order valence-corrected chi connectivity index (χ0v) is 17.1. The molecule has 2 amide bonds. The fourth-order valence-corrected chi connectivity index (χ4v) is 2.83. The number of nitrogens with one attached hydrogen (secondary N) is 2. The summed E-state index contributed by atoms with van der Waals surface area (Å²) >= 11 is 0. The Labute approximate surface area is 162 Å². The number of carbonyl (C=O) groups excluding carboxylic acids is 2. The van der Waals surface area contributed by atoms with Crippen molar-refractivity contribution in [1.82, 2.24) is 5.32 Å². The van der Waals surface area contributed by atoms with Crippen LogP contribution in [0.25, 0.3) is 0 Å². The van der Waals surface area contributed by atoms with E-state index in [-0.39, 0.29) is 17.2 Å². The average Bonchev–Trinajstić information content (AvgIpc) is 2.60. The van der Waals surface area contributed by atoms with E-state index in [9.17, 15) is 9.59 Å². The summed E-state index contributed by atoms with van der Waals surface area (Å²) in [6.07, 6.45) is 0. The van der Waals surface area contributed by atoms with Gasteiger partial charge in [0, 0.05) is 12.2 Å². The van der Waals surface area contributed by atoms with Crippen LogP contribution in [0.2, 0.25) is 0 Å². The SMILES string of the molecule is Cc1ccccc1CNC(=O)C(C)(C)C(=O)Nc1ccccc1C(C)(C)C. The zero-order chi connectivity index (χ0) is 20.2. The summed E-state index contributed by atoms with van der Waals surface area (Å²) in [6.45, 7) is 12.0. The van der Waals surface area contributed by atoms with Crippen molar-refractivity contribution in [2.45, 2.75) is 53.5 Å². The molecule has 0 radical (unpaired) electrons. The molecule has 0 bridgehead atoms. The largest absolute Gasteiger partial charge is 0.351 e. The molecular formula is C23H30N2O2. The van der Waals surface area contributed by atoms with Crippen LogP contribution < -0.4 is 10.6 Å². The van der Waals surface area contributed by atoms with Gasteiger partial charge in [0.15, 0.2) is 0 Å². The maximum absolute atomic E-state index is 12.9. The van der Waals surface area contributed by atoms with Gasteiger partial charge in [0.1, 0.15) is 5.41 Å². The molecule has 4 nitrogen and oxygen atoms in total. The fraction of sp³-hybridized carbons (Fsp3) is 0.391. The van der Waals surface area contributed by atoms with Gasteiger partial charge in [-0.2, -0.15) is 0 Å². The molecule has 0 aliphatic heterocycles. The normalized spacial score (nSPS) is 11.8. The number of hydrogen-bond acceptors (Lipinski definition) is 2. The van der Waals surface area contributed by atoms with Crippen LogP contribution in [0.5, 0.6) is 0 Å². The Kier molecular flexibility index (Phi) is 6.09. The average molecular weight is 367 g/mol. The van der Waals surface area contributed by atoms with Crippen molar-refractivity contribution in [1.29, 1.82) is 0 Å². The Balaban J connectivity index is 2.11. The van der Waals surface area contributed by atoms with E-state index in [1.165, 1.54) is 0 Å². The van der Waals surface area contributed by atoms with Crippen molar-refractivity contribution >= 4 is 17.5 Å². The molecule has 0 aliphatic carbocycles. The van der Waals surface area contributed by atoms with Gasteiger partial charge in [0.2, 0.25) is 11.8 Å². The molecule has 0 atom stereocenters. The second-order valence-electron chi connectivity index (χ2n) is 8.48. The quantitative estimate of drug-likeness (QED) is 0.761. The molecule has 0 aliphatic rings. The van der Waals surface area contributed by atoms with Crippen LogP contribution in [-0.4, -0.2) is 11.8 Å². The summed E-state index contributed by atoms with van der Waals surface area (Å²) in [5.41, 5.74) is 2.64. The summed E-state index contributed by atoms with van der Waals surface area (Å²) in [6, 6.07) is 15.6. The minimum Gasteiger partial charge on any atom is -0.351 e. The molecule has 144 valence electrons. The first-order valence-corrected chi connectivity index (χ1v) is 9.27. The van der Waals surface area contributed by atoms with E-state index < -0.39 is 5.41 Å². The van der Waals surface area contributed by atoms with E-state index in [2.05, 4.69) is 31.4 Å². The highest BCUT2D eigenvalue weighted by molar-refractivity contribution is 6.10. The van der Waals surface area contributed by atoms with E-state index in [1.807, 2.05) is 55.5 Å². The molecule has 0 spiro atoms. The lowest BCUT2D eigenvalue weighted by molar-refractivity contribution is -0.138. The second-order valence-corrected chi connectivity index (χ2v) is 8.48. The molecule has 0 aromatic heterocycles. The Bertz CT molecular complexity index is 832. The molecule has 0 unspecified atom stereocenters. The standard InChI is InChI=1S/C23H30N2O2/c1-16-11-7-8-12-17(16)15-24-20(26)23(5,6)21(27)25-19-14-10-9-13-18(19)22(2,3)4/h7-14H,15H2,1-6H3,(H,24,26)(H,25,27). The van der Waals surface area contributed by atoms with Gasteiger partial charge in [-0.25, -0.2) is 0 Å². The van der Waals surface area contributed by atoms with Crippen molar-refractivity contribution in [2.75, 3.05) is 5.32 Å². The van der Waals surface area contributed by atoms with E-state index in [0.29, 0.717) is 6.54 Å². The third-order valence-corrected chi connectivity index (χ3v) is 4.82. The first-order chi connectivity index (χ1) is 12.5. The predicted octanol–water partition coefficient (Wildman–Crippen LogP) is 4.57. The lowest BCUT2D eigenvalue weighted by Gasteiger charge is -2.27. The molecule has 27 heavy (non-hydrogen) atoms. The summed E-state index contributed by atoms with van der Waals surface area (Å²) in [5, 5.41) is 5.84. The van der Waals surface area contributed by atoms with Crippen LogP contribution in [-0.2, 0) is 21.5 Å². The molecular weight excluding hydrogens is 336 g/mol. The minimum absolute atomic E-state index is 0.110. The van der Waals surface area contributed by atoms with Crippen LogP contribution in [0.3, 0.4) is 0 Å². The van der Waals surface area contributed by atoms with Gasteiger partial charge in [-0.1, -0.05) is 63.2 Å². The van der Waals surface area contributed by atoms with Crippen molar-refractivity contribution in [3.63, 3.8) is 0 Å². The van der Waals surface area contributed by atoms with Crippen molar-refractivity contribution in [2.24, 2.45) is 5.41 Å². The number of aryl methyl sites for hydroxylation is 1. The number of carbonyl (C=O) groups is 2. The number of benzene rings is 2. The third-order valence-electron chi connectivity index (χ3n) is 4.82. The highest BCUT2D eigenvalue weighted by Gasteiger charge is 2.36. The maximum atomic E-state index is 12.9. The topological polar surface area (TPSA) is 58.2 Å². The molecule has 4 heteroatoms. The van der Waals surface area contributed by atoms with Crippen LogP contribution in [0.4, 0.5) is 5.69 Å². The lowest BCUT2D eigenvalue weighted by Crippen LogP contribution is -2.45. The van der Waals surface area contributed by atoms with Crippen molar-refractivity contribution in [3.8, 4) is 0 Å². The van der Waals surface area contributed by atoms with Gasteiger partial charge >= 0.3 is 0 Å². The van der Waals surface area contributed by atoms with Crippen molar-refractivity contribution in [3.05, 3.63) is 65.2 Å². The fourth-order valence-electron chi connectivity index (χ4n) is 2.83. The number of anilines is 1. The third kappa shape index (κ3) is 4.97. The molecule has 0 heterocycles. The van der Waals surface area contributed by atoms with Crippen molar-refractivity contribution < 1.29 is 9.59 Å². The van der Waals surface area contributed by atoms with Crippen LogP contribution >= 0.6 is 0 Å². The number of rotatable bonds is 5. The Morgan fingerprint density at radius 2 is 1.44 bits per heavy atom. The first-order valence-electron chi connectivity index (χ1n) is 9.27. The minimum atomic E-state index is -1.19. The molecule has 2 aromatic carbocycles. The predicted molar refractivity (Wildman–Crippen MR) is 111 cm³/mol. The van der Waals surface area contributed by atoms with E-state index in [0.717, 1.165) is 22.4 Å². The van der Waals surface area contributed by atoms with Crippen LogP contribution in [0.15, 0.2) is 48.5 Å². The highest BCUT2D eigenvalue weighted by atomic mass is 16.2. The van der Waals surface area contributed by atoms with Gasteiger partial charge in [-0.3, -0.25) is 9.59 Å². The van der Waals surface area contributed by atoms with Gasteiger partial charge in [-0.15, -0.1) is 0 Å². The summed E-state index contributed by atoms with van der Waals surface area (Å²) < 4.78 is 0. The van der Waals surface area contributed by atoms with Gasteiger partial charge in [0.05, 0.1) is 0 Å². The highest BCUT2D eigenvalue weighted by Crippen LogP contribution is 2.30. The summed E-state index contributed by atoms with van der Waals surface area (Å²) in [5.74, 6) is -0.613. The molecule has 0 saturated heterocycles. The Hall–Kier alpha value is -2.62. The molecule has 0 fully saturated rings. The monoisotopic (exact) mass is 366 g/mol. The number of amides is 2. The molecule has 2 N–H and O–H groups in total. The lowest BCUT2D eigenvalue weighted by atomic mass is 9.85. The molecule has 2 aromatic rings. The Morgan fingerprint density at radius 1 is 0.852 bits per heavy atom. The zero-order valence-electron chi connectivity index (χ0n) is 17.1. The first kappa shape index (κ1) is 20.7. The van der Waals surface area contributed by atoms with Crippen LogP contribution in [0.1, 0.15) is 51.3 Å². The summed E-state index contributed by atoms with van der Waals surface area (Å²) in [7, 11) is 0. The van der Waals surface area contributed by atoms with Gasteiger partial charge in [0.25, 0.3) is 0 Å². The number of hydrogen-bond donors (Lipinski definition) is 2. The van der Waals surface area contributed by atoms with E-state index >= 15 is 0 Å². The van der Waals surface area contributed by atoms with E-state index in [1.54, 1.807) is 13.8 Å². The second kappa shape index (κ2) is 7.95. The van der Waals surface area contributed by atoms with Gasteiger partial charge in [-0.05, 0) is 48.9 Å². The van der Waals surface area contributed by atoms with Crippen LogP contribution in [0, 0.1) is 12.3 Å².